The van der Waals surface area contributed by atoms with Crippen molar-refractivity contribution in [2.45, 2.75) is 0 Å². The van der Waals surface area contributed by atoms with E-state index < -0.39 is 5.97 Å². The minimum absolute atomic E-state index is 0.269. The van der Waals surface area contributed by atoms with Crippen LogP contribution in [-0.4, -0.2) is 12.3 Å². The van der Waals surface area contributed by atoms with E-state index >= 15 is 0 Å². The molecule has 3 rings (SSSR count). The summed E-state index contributed by atoms with van der Waals surface area (Å²) >= 11 is 0. The van der Waals surface area contributed by atoms with Gasteiger partial charge in [-0.2, -0.15) is 0 Å². The predicted octanol–water partition coefficient (Wildman–Crippen LogP) is 3.87. The Kier molecular flexibility index (Phi) is 3.48. The Labute approximate surface area is 121 Å². The number of carbonyl (C=O) groups excluding carboxylic acids is 2. The van der Waals surface area contributed by atoms with Crippen molar-refractivity contribution >= 4 is 23.0 Å². The maximum atomic E-state index is 12.4. The molecule has 0 aliphatic heterocycles. The molecule has 0 bridgehead atoms. The van der Waals surface area contributed by atoms with Crippen LogP contribution in [0.3, 0.4) is 0 Å². The number of rotatable bonds is 3. The lowest BCUT2D eigenvalue weighted by molar-refractivity contribution is 0.0735. The average Bonchev–Trinajstić information content (AvgIpc) is 2.54. The second kappa shape index (κ2) is 5.59. The van der Waals surface area contributed by atoms with Crippen molar-refractivity contribution in [1.29, 1.82) is 0 Å². The lowest BCUT2D eigenvalue weighted by atomic mass is 10.0. The van der Waals surface area contributed by atoms with Crippen molar-refractivity contribution in [2.24, 2.45) is 0 Å². The molecule has 0 fully saturated rings. The molecule has 0 atom stereocenters. The number of hydrogen-bond donors (Lipinski definition) is 0. The zero-order chi connectivity index (χ0) is 14.7. The van der Waals surface area contributed by atoms with Gasteiger partial charge in [-0.25, -0.2) is 4.79 Å². The molecule has 0 saturated carbocycles. The van der Waals surface area contributed by atoms with E-state index in [-0.39, 0.29) is 5.75 Å². The fourth-order valence-electron chi connectivity index (χ4n) is 2.23. The summed E-state index contributed by atoms with van der Waals surface area (Å²) in [5.41, 5.74) is 0.833. The number of esters is 1. The second-order valence-corrected chi connectivity index (χ2v) is 4.57. The molecule has 0 spiro atoms. The largest absolute Gasteiger partial charge is 0.422 e. The van der Waals surface area contributed by atoms with Crippen molar-refractivity contribution in [3.63, 3.8) is 0 Å². The van der Waals surface area contributed by atoms with Crippen LogP contribution in [-0.2, 0) is 0 Å². The number of benzene rings is 3. The average molecular weight is 276 g/mol. The van der Waals surface area contributed by atoms with Crippen LogP contribution in [0.5, 0.6) is 5.75 Å². The van der Waals surface area contributed by atoms with Crippen LogP contribution in [0.4, 0.5) is 0 Å². The second-order valence-electron chi connectivity index (χ2n) is 4.57. The lowest BCUT2D eigenvalue weighted by Crippen LogP contribution is -2.10. The van der Waals surface area contributed by atoms with E-state index in [0.717, 1.165) is 10.8 Å². The highest BCUT2D eigenvalue weighted by Crippen LogP contribution is 2.22. The van der Waals surface area contributed by atoms with Gasteiger partial charge in [0.2, 0.25) is 0 Å². The van der Waals surface area contributed by atoms with Crippen LogP contribution in [0.2, 0.25) is 0 Å². The number of para-hydroxylation sites is 1. The molecule has 0 saturated heterocycles. The van der Waals surface area contributed by atoms with E-state index in [4.69, 9.17) is 4.74 Å². The highest BCUT2D eigenvalue weighted by Gasteiger charge is 2.13. The third kappa shape index (κ3) is 2.54. The molecule has 0 amide bonds. The lowest BCUT2D eigenvalue weighted by Gasteiger charge is -2.08. The standard InChI is InChI=1S/C18H12O3/c19-12-14-7-2-4-11-17(14)21-18(20)16-10-5-8-13-6-1-3-9-15(13)16/h1-12H. The third-order valence-corrected chi connectivity index (χ3v) is 3.26. The number of fused-ring (bicyclic) bond motifs is 1. The summed E-state index contributed by atoms with van der Waals surface area (Å²) in [4.78, 5) is 23.3. The topological polar surface area (TPSA) is 43.4 Å². The summed E-state index contributed by atoms with van der Waals surface area (Å²) in [7, 11) is 0. The molecular formula is C18H12O3. The van der Waals surface area contributed by atoms with E-state index in [9.17, 15) is 9.59 Å². The van der Waals surface area contributed by atoms with Crippen molar-refractivity contribution in [2.75, 3.05) is 0 Å². The van der Waals surface area contributed by atoms with Gasteiger partial charge in [-0.05, 0) is 29.0 Å². The summed E-state index contributed by atoms with van der Waals surface area (Å²) < 4.78 is 5.36. The van der Waals surface area contributed by atoms with Crippen LogP contribution < -0.4 is 4.74 Å². The fourth-order valence-corrected chi connectivity index (χ4v) is 2.23. The fraction of sp³-hybridized carbons (Fsp3) is 0. The van der Waals surface area contributed by atoms with E-state index in [1.54, 1.807) is 30.3 Å². The van der Waals surface area contributed by atoms with Crippen molar-refractivity contribution < 1.29 is 14.3 Å². The molecule has 3 aromatic carbocycles. The Hall–Kier alpha value is -2.94. The normalized spacial score (nSPS) is 10.3. The molecule has 0 aliphatic carbocycles. The molecule has 0 aliphatic rings. The molecule has 0 N–H and O–H groups in total. The van der Waals surface area contributed by atoms with Gasteiger partial charge in [0.15, 0.2) is 6.29 Å². The molecule has 3 nitrogen and oxygen atoms in total. The monoisotopic (exact) mass is 276 g/mol. The van der Waals surface area contributed by atoms with Gasteiger partial charge in [-0.15, -0.1) is 0 Å². The van der Waals surface area contributed by atoms with E-state index in [0.29, 0.717) is 17.4 Å². The van der Waals surface area contributed by atoms with E-state index in [1.165, 1.54) is 0 Å². The van der Waals surface area contributed by atoms with Crippen molar-refractivity contribution in [3.8, 4) is 5.75 Å². The molecule has 3 aromatic rings. The minimum atomic E-state index is -0.471. The number of ether oxygens (including phenoxy) is 1. The summed E-state index contributed by atoms with van der Waals surface area (Å²) in [6.45, 7) is 0. The highest BCUT2D eigenvalue weighted by molar-refractivity contribution is 6.05. The van der Waals surface area contributed by atoms with E-state index in [1.807, 2.05) is 36.4 Å². The Morgan fingerprint density at radius 1 is 0.857 bits per heavy atom. The van der Waals surface area contributed by atoms with E-state index in [2.05, 4.69) is 0 Å². The van der Waals surface area contributed by atoms with Gasteiger partial charge < -0.3 is 4.74 Å². The SMILES string of the molecule is O=Cc1ccccc1OC(=O)c1cccc2ccccc12. The van der Waals surface area contributed by atoms with Gasteiger partial charge in [-0.3, -0.25) is 4.79 Å². The summed E-state index contributed by atoms with van der Waals surface area (Å²) in [6.07, 6.45) is 0.672. The first-order chi connectivity index (χ1) is 10.3. The Morgan fingerprint density at radius 2 is 1.57 bits per heavy atom. The first-order valence-corrected chi connectivity index (χ1v) is 6.54. The minimum Gasteiger partial charge on any atom is -0.422 e. The number of carbonyl (C=O) groups is 2. The molecule has 0 unspecified atom stereocenters. The molecule has 0 radical (unpaired) electrons. The molecule has 3 heteroatoms. The van der Waals surface area contributed by atoms with Crippen molar-refractivity contribution in [1.82, 2.24) is 0 Å². The molecular weight excluding hydrogens is 264 g/mol. The predicted molar refractivity (Wildman–Crippen MR) is 80.7 cm³/mol. The first kappa shape index (κ1) is 13.1. The van der Waals surface area contributed by atoms with Gasteiger partial charge in [0, 0.05) is 0 Å². The highest BCUT2D eigenvalue weighted by atomic mass is 16.5. The molecule has 102 valence electrons. The summed E-state index contributed by atoms with van der Waals surface area (Å²) in [5, 5.41) is 1.80. The van der Waals surface area contributed by atoms with Gasteiger partial charge >= 0.3 is 5.97 Å². The smallest absolute Gasteiger partial charge is 0.344 e. The van der Waals surface area contributed by atoms with Gasteiger partial charge in [0.05, 0.1) is 11.1 Å². The zero-order valence-electron chi connectivity index (χ0n) is 11.2. The molecule has 0 heterocycles. The van der Waals surface area contributed by atoms with Crippen LogP contribution in [0.15, 0.2) is 66.7 Å². The molecule has 0 aromatic heterocycles. The van der Waals surface area contributed by atoms with Crippen LogP contribution >= 0.6 is 0 Å². The van der Waals surface area contributed by atoms with Gasteiger partial charge in [0.25, 0.3) is 0 Å². The quantitative estimate of drug-likeness (QED) is 0.414. The zero-order valence-corrected chi connectivity index (χ0v) is 11.2. The Balaban J connectivity index is 2.00. The maximum Gasteiger partial charge on any atom is 0.344 e. The number of hydrogen-bond acceptors (Lipinski definition) is 3. The van der Waals surface area contributed by atoms with Gasteiger partial charge in [-0.1, -0.05) is 48.5 Å². The number of aldehydes is 1. The van der Waals surface area contributed by atoms with Crippen LogP contribution in [0, 0.1) is 0 Å². The van der Waals surface area contributed by atoms with Crippen LogP contribution in [0.25, 0.3) is 10.8 Å². The van der Waals surface area contributed by atoms with Crippen molar-refractivity contribution in [3.05, 3.63) is 77.9 Å². The van der Waals surface area contributed by atoms with Gasteiger partial charge in [0.1, 0.15) is 5.75 Å². The maximum absolute atomic E-state index is 12.4. The van der Waals surface area contributed by atoms with Crippen LogP contribution in [0.1, 0.15) is 20.7 Å². The Bertz CT molecular complexity index is 816. The summed E-state index contributed by atoms with van der Waals surface area (Å²) in [5.74, 6) is -0.202. The first-order valence-electron chi connectivity index (χ1n) is 6.54. The Morgan fingerprint density at radius 3 is 2.43 bits per heavy atom. The third-order valence-electron chi connectivity index (χ3n) is 3.26. The molecule has 21 heavy (non-hydrogen) atoms. The summed E-state index contributed by atoms with van der Waals surface area (Å²) in [6, 6.07) is 19.7.